The highest BCUT2D eigenvalue weighted by atomic mass is 79.9. The first kappa shape index (κ1) is 12.6. The molecule has 0 unspecified atom stereocenters. The van der Waals surface area contributed by atoms with Gasteiger partial charge in [0.15, 0.2) is 0 Å². The van der Waals surface area contributed by atoms with E-state index in [-0.39, 0.29) is 17.0 Å². The minimum Gasteiger partial charge on any atom is -0.317 e. The van der Waals surface area contributed by atoms with Crippen LogP contribution in [0.4, 0.5) is 0 Å². The third-order valence-electron chi connectivity index (χ3n) is 0.987. The topological polar surface area (TPSA) is 12.0 Å². The van der Waals surface area contributed by atoms with E-state index >= 15 is 0 Å². The molecule has 0 aromatic rings. The van der Waals surface area contributed by atoms with Crippen LogP contribution >= 0.6 is 32.9 Å². The first-order valence-corrected chi connectivity index (χ1v) is 4.30. The van der Waals surface area contributed by atoms with Crippen LogP contribution in [0.5, 0.6) is 0 Å². The molecule has 3 heteroatoms. The highest BCUT2D eigenvalue weighted by Crippen LogP contribution is 1.90. The monoisotopic (exact) mass is 259 g/mol. The maximum absolute atomic E-state index is 3.37. The molecule has 1 N–H and O–H groups in total. The van der Waals surface area contributed by atoms with Crippen molar-refractivity contribution in [2.45, 2.75) is 19.8 Å². The Hall–Kier alpha value is 0.920. The van der Waals surface area contributed by atoms with Crippen molar-refractivity contribution in [2.24, 2.45) is 0 Å². The fourth-order valence-electron chi connectivity index (χ4n) is 0.521. The van der Waals surface area contributed by atoms with Gasteiger partial charge in [-0.25, -0.2) is 0 Å². The largest absolute Gasteiger partial charge is 0.317 e. The lowest BCUT2D eigenvalue weighted by atomic mass is 10.3. The maximum Gasteiger partial charge on any atom is 0.00317 e. The molecule has 0 aromatic carbocycles. The van der Waals surface area contributed by atoms with E-state index in [1.54, 1.807) is 0 Å². The molecule has 0 fully saturated rings. The van der Waals surface area contributed by atoms with Crippen LogP contribution in [-0.4, -0.2) is 18.4 Å². The molecule has 0 saturated carbocycles. The SMILES string of the molecule is Br.CCNCCCCBr. The van der Waals surface area contributed by atoms with Crippen LogP contribution in [-0.2, 0) is 0 Å². The molecule has 0 heterocycles. The third-order valence-corrected chi connectivity index (χ3v) is 1.55. The molecule has 0 aliphatic carbocycles. The Morgan fingerprint density at radius 3 is 2.44 bits per heavy atom. The van der Waals surface area contributed by atoms with Gasteiger partial charge in [0.05, 0.1) is 0 Å². The molecule has 58 valence electrons. The summed E-state index contributed by atoms with van der Waals surface area (Å²) in [6.45, 7) is 4.40. The van der Waals surface area contributed by atoms with Gasteiger partial charge in [-0.3, -0.25) is 0 Å². The summed E-state index contributed by atoms with van der Waals surface area (Å²) in [6.07, 6.45) is 2.58. The van der Waals surface area contributed by atoms with Gasteiger partial charge in [-0.15, -0.1) is 17.0 Å². The van der Waals surface area contributed by atoms with Gasteiger partial charge in [-0.05, 0) is 25.9 Å². The molecule has 0 rings (SSSR count). The van der Waals surface area contributed by atoms with Crippen LogP contribution in [0, 0.1) is 0 Å². The van der Waals surface area contributed by atoms with Crippen molar-refractivity contribution in [3.63, 3.8) is 0 Å². The second-order valence-corrected chi connectivity index (χ2v) is 2.54. The number of hydrogen-bond acceptors (Lipinski definition) is 1. The Morgan fingerprint density at radius 1 is 1.33 bits per heavy atom. The Kier molecular flexibility index (Phi) is 16.3. The molecule has 0 aliphatic heterocycles. The van der Waals surface area contributed by atoms with Crippen LogP contribution in [0.15, 0.2) is 0 Å². The zero-order chi connectivity index (χ0) is 6.24. The number of hydrogen-bond donors (Lipinski definition) is 1. The zero-order valence-electron chi connectivity index (χ0n) is 5.82. The molecule has 9 heavy (non-hydrogen) atoms. The summed E-state index contributed by atoms with van der Waals surface area (Å²) in [7, 11) is 0. The molecule has 0 aliphatic rings. The van der Waals surface area contributed by atoms with Gasteiger partial charge in [-0.1, -0.05) is 22.9 Å². The number of alkyl halides is 1. The average molecular weight is 261 g/mol. The second-order valence-electron chi connectivity index (χ2n) is 1.75. The standard InChI is InChI=1S/C6H14BrN.BrH/c1-2-8-6-4-3-5-7;/h8H,2-6H2,1H3;1H. The van der Waals surface area contributed by atoms with Gasteiger partial charge in [0.1, 0.15) is 0 Å². The van der Waals surface area contributed by atoms with Crippen LogP contribution in [0.1, 0.15) is 19.8 Å². The van der Waals surface area contributed by atoms with Crippen molar-refractivity contribution in [3.8, 4) is 0 Å². The summed E-state index contributed by atoms with van der Waals surface area (Å²) >= 11 is 3.37. The zero-order valence-corrected chi connectivity index (χ0v) is 9.12. The lowest BCUT2D eigenvalue weighted by Crippen LogP contribution is -2.13. The van der Waals surface area contributed by atoms with E-state index in [4.69, 9.17) is 0 Å². The molecule has 0 amide bonds. The van der Waals surface area contributed by atoms with E-state index in [0.717, 1.165) is 11.9 Å². The lowest BCUT2D eigenvalue weighted by Gasteiger charge is -1.96. The van der Waals surface area contributed by atoms with E-state index in [0.29, 0.717) is 0 Å². The normalized spacial score (nSPS) is 8.67. The third kappa shape index (κ3) is 12.2. The fourth-order valence-corrected chi connectivity index (χ4v) is 0.918. The molecule has 0 atom stereocenters. The number of unbranched alkanes of at least 4 members (excludes halogenated alkanes) is 1. The van der Waals surface area contributed by atoms with Crippen molar-refractivity contribution in [1.82, 2.24) is 5.32 Å². The van der Waals surface area contributed by atoms with Gasteiger partial charge in [-0.2, -0.15) is 0 Å². The Bertz CT molecular complexity index is 36.0. The highest BCUT2D eigenvalue weighted by molar-refractivity contribution is 9.09. The summed E-state index contributed by atoms with van der Waals surface area (Å²) in [5.74, 6) is 0. The van der Waals surface area contributed by atoms with Crippen molar-refractivity contribution in [3.05, 3.63) is 0 Å². The van der Waals surface area contributed by atoms with Crippen LogP contribution < -0.4 is 5.32 Å². The van der Waals surface area contributed by atoms with E-state index in [1.807, 2.05) is 0 Å². The van der Waals surface area contributed by atoms with Crippen molar-refractivity contribution < 1.29 is 0 Å². The van der Waals surface area contributed by atoms with E-state index in [1.165, 1.54) is 19.4 Å². The smallest absolute Gasteiger partial charge is 0.00317 e. The van der Waals surface area contributed by atoms with Crippen molar-refractivity contribution in [1.29, 1.82) is 0 Å². The predicted octanol–water partition coefficient (Wildman–Crippen LogP) is 2.35. The molecular weight excluding hydrogens is 246 g/mol. The van der Waals surface area contributed by atoms with E-state index < -0.39 is 0 Å². The summed E-state index contributed by atoms with van der Waals surface area (Å²) < 4.78 is 0. The van der Waals surface area contributed by atoms with E-state index in [2.05, 4.69) is 28.2 Å². The maximum atomic E-state index is 3.37. The quantitative estimate of drug-likeness (QED) is 0.591. The Morgan fingerprint density at radius 2 is 2.00 bits per heavy atom. The number of rotatable bonds is 5. The van der Waals surface area contributed by atoms with Crippen LogP contribution in [0.25, 0.3) is 0 Å². The number of halogens is 2. The first-order valence-electron chi connectivity index (χ1n) is 3.18. The van der Waals surface area contributed by atoms with Gasteiger partial charge >= 0.3 is 0 Å². The Labute approximate surface area is 76.5 Å². The molecule has 0 aromatic heterocycles. The van der Waals surface area contributed by atoms with Crippen molar-refractivity contribution >= 4 is 32.9 Å². The summed E-state index contributed by atoms with van der Waals surface area (Å²) in [5, 5.41) is 4.40. The summed E-state index contributed by atoms with van der Waals surface area (Å²) in [5.41, 5.74) is 0. The molecule has 0 saturated heterocycles. The molecule has 0 bridgehead atoms. The first-order chi connectivity index (χ1) is 3.91. The molecule has 1 nitrogen and oxygen atoms in total. The molecule has 0 spiro atoms. The molecular formula is C6H15Br2N. The van der Waals surface area contributed by atoms with Crippen LogP contribution in [0.2, 0.25) is 0 Å². The van der Waals surface area contributed by atoms with Crippen LogP contribution in [0.3, 0.4) is 0 Å². The average Bonchev–Trinajstić information content (AvgIpc) is 1.81. The van der Waals surface area contributed by atoms with Gasteiger partial charge in [0.2, 0.25) is 0 Å². The minimum absolute atomic E-state index is 0. The van der Waals surface area contributed by atoms with E-state index in [9.17, 15) is 0 Å². The highest BCUT2D eigenvalue weighted by Gasteiger charge is 1.82. The molecule has 0 radical (unpaired) electrons. The van der Waals surface area contributed by atoms with Gasteiger partial charge < -0.3 is 5.32 Å². The second kappa shape index (κ2) is 11.7. The lowest BCUT2D eigenvalue weighted by molar-refractivity contribution is 0.667. The summed E-state index contributed by atoms with van der Waals surface area (Å²) in [6, 6.07) is 0. The van der Waals surface area contributed by atoms with Crippen molar-refractivity contribution in [2.75, 3.05) is 18.4 Å². The number of nitrogens with one attached hydrogen (secondary N) is 1. The predicted molar refractivity (Wildman–Crippen MR) is 51.9 cm³/mol. The van der Waals surface area contributed by atoms with Gasteiger partial charge in [0.25, 0.3) is 0 Å². The Balaban J connectivity index is 0. The summed E-state index contributed by atoms with van der Waals surface area (Å²) in [4.78, 5) is 0. The van der Waals surface area contributed by atoms with Gasteiger partial charge in [0, 0.05) is 5.33 Å². The fraction of sp³-hybridized carbons (Fsp3) is 1.00. The minimum atomic E-state index is 0.